The van der Waals surface area contributed by atoms with Gasteiger partial charge in [-0.2, -0.15) is 0 Å². The molecule has 2 aromatic rings. The lowest BCUT2D eigenvalue weighted by Crippen LogP contribution is -2.07. The van der Waals surface area contributed by atoms with Crippen molar-refractivity contribution in [3.05, 3.63) is 46.3 Å². The summed E-state index contributed by atoms with van der Waals surface area (Å²) in [5.74, 6) is -1.70. The molecule has 4 N–H and O–H groups in total. The number of rotatable bonds is 3. The van der Waals surface area contributed by atoms with Crippen molar-refractivity contribution in [2.75, 3.05) is 11.1 Å². The molecule has 0 amide bonds. The predicted octanol–water partition coefficient (Wildman–Crippen LogP) is 3.01. The number of nitrogens with one attached hydrogen (secondary N) is 1. The van der Waals surface area contributed by atoms with Gasteiger partial charge in [0.15, 0.2) is 0 Å². The number of benzene rings is 1. The second kappa shape index (κ2) is 5.23. The topological polar surface area (TPSA) is 88.2 Å². The van der Waals surface area contributed by atoms with Crippen LogP contribution in [0.5, 0.6) is 0 Å². The van der Waals surface area contributed by atoms with Gasteiger partial charge in [-0.1, -0.05) is 6.07 Å². The highest BCUT2D eigenvalue weighted by Gasteiger charge is 2.15. The summed E-state index contributed by atoms with van der Waals surface area (Å²) >= 11 is 3.18. The van der Waals surface area contributed by atoms with Gasteiger partial charge in [-0.3, -0.25) is 0 Å². The maximum Gasteiger partial charge on any atom is 0.339 e. The average Bonchev–Trinajstić information content (AvgIpc) is 2.35. The lowest BCUT2D eigenvalue weighted by Gasteiger charge is -2.11. The zero-order valence-electron chi connectivity index (χ0n) is 9.52. The lowest BCUT2D eigenvalue weighted by molar-refractivity contribution is 0.0697. The number of anilines is 3. The van der Waals surface area contributed by atoms with Gasteiger partial charge >= 0.3 is 5.97 Å². The Labute approximate surface area is 116 Å². The molecule has 7 heteroatoms. The minimum absolute atomic E-state index is 0.0208. The largest absolute Gasteiger partial charge is 0.478 e. The highest BCUT2D eigenvalue weighted by atomic mass is 79.9. The van der Waals surface area contributed by atoms with Crippen LogP contribution >= 0.6 is 15.9 Å². The second-order valence-corrected chi connectivity index (χ2v) is 4.55. The second-order valence-electron chi connectivity index (χ2n) is 3.69. The van der Waals surface area contributed by atoms with Gasteiger partial charge in [0.2, 0.25) is 0 Å². The van der Waals surface area contributed by atoms with E-state index in [0.717, 1.165) is 0 Å². The number of aromatic nitrogens is 1. The number of nitrogens with zero attached hydrogens (tertiary/aromatic N) is 1. The maximum absolute atomic E-state index is 13.7. The number of nitrogens with two attached hydrogens (primary N) is 1. The molecule has 2 rings (SSSR count). The summed E-state index contributed by atoms with van der Waals surface area (Å²) in [5.41, 5.74) is 5.68. The molecule has 0 radical (unpaired) electrons. The van der Waals surface area contributed by atoms with Gasteiger partial charge in [0.1, 0.15) is 17.2 Å². The van der Waals surface area contributed by atoms with E-state index in [-0.39, 0.29) is 22.8 Å². The van der Waals surface area contributed by atoms with E-state index in [1.165, 1.54) is 24.4 Å². The van der Waals surface area contributed by atoms with Crippen LogP contribution in [-0.4, -0.2) is 16.1 Å². The Bertz CT molecular complexity index is 629. The number of para-hydroxylation sites is 1. The summed E-state index contributed by atoms with van der Waals surface area (Å²) in [6, 6.07) is 5.67. The molecule has 1 heterocycles. The monoisotopic (exact) mass is 325 g/mol. The number of carboxylic acids is 1. The molecular weight excluding hydrogens is 317 g/mol. The van der Waals surface area contributed by atoms with E-state index < -0.39 is 11.8 Å². The molecule has 0 aliphatic rings. The minimum atomic E-state index is -1.20. The molecule has 1 aromatic heterocycles. The van der Waals surface area contributed by atoms with Crippen LogP contribution in [0.2, 0.25) is 0 Å². The van der Waals surface area contributed by atoms with Gasteiger partial charge in [0.25, 0.3) is 0 Å². The molecule has 19 heavy (non-hydrogen) atoms. The fourth-order valence-corrected chi connectivity index (χ4v) is 1.92. The van der Waals surface area contributed by atoms with Gasteiger partial charge in [-0.05, 0) is 34.1 Å². The van der Waals surface area contributed by atoms with Crippen molar-refractivity contribution < 1.29 is 14.3 Å². The van der Waals surface area contributed by atoms with E-state index in [2.05, 4.69) is 26.2 Å². The van der Waals surface area contributed by atoms with Crippen molar-refractivity contribution in [2.45, 2.75) is 0 Å². The first-order valence-corrected chi connectivity index (χ1v) is 5.98. The Kier molecular flexibility index (Phi) is 3.66. The van der Waals surface area contributed by atoms with Crippen LogP contribution in [-0.2, 0) is 0 Å². The summed E-state index contributed by atoms with van der Waals surface area (Å²) in [6.07, 6.45) is 1.30. The number of hydrogen-bond donors (Lipinski definition) is 3. The van der Waals surface area contributed by atoms with E-state index in [0.29, 0.717) is 4.47 Å². The average molecular weight is 326 g/mol. The third-order valence-electron chi connectivity index (χ3n) is 2.35. The zero-order chi connectivity index (χ0) is 14.0. The number of hydrogen-bond acceptors (Lipinski definition) is 4. The summed E-state index contributed by atoms with van der Waals surface area (Å²) in [5, 5.41) is 11.7. The van der Waals surface area contributed by atoms with Crippen LogP contribution in [0.25, 0.3) is 0 Å². The summed E-state index contributed by atoms with van der Waals surface area (Å²) < 4.78 is 14.1. The first-order valence-electron chi connectivity index (χ1n) is 5.19. The molecule has 0 atom stereocenters. The zero-order valence-corrected chi connectivity index (χ0v) is 11.1. The van der Waals surface area contributed by atoms with Gasteiger partial charge < -0.3 is 16.2 Å². The van der Waals surface area contributed by atoms with Crippen molar-refractivity contribution in [3.63, 3.8) is 0 Å². The molecule has 0 aliphatic heterocycles. The normalized spacial score (nSPS) is 10.2. The molecule has 0 spiro atoms. The van der Waals surface area contributed by atoms with Gasteiger partial charge in [-0.25, -0.2) is 14.2 Å². The molecule has 98 valence electrons. The summed E-state index contributed by atoms with van der Waals surface area (Å²) in [6.45, 7) is 0. The Balaban J connectivity index is 2.47. The van der Waals surface area contributed by atoms with Gasteiger partial charge in [0.05, 0.1) is 17.6 Å². The molecule has 0 unspecified atom stereocenters. The minimum Gasteiger partial charge on any atom is -0.478 e. The summed E-state index contributed by atoms with van der Waals surface area (Å²) in [4.78, 5) is 15.0. The predicted molar refractivity (Wildman–Crippen MR) is 73.0 cm³/mol. The van der Waals surface area contributed by atoms with Crippen LogP contribution < -0.4 is 11.1 Å². The van der Waals surface area contributed by atoms with Crippen LogP contribution in [0.15, 0.2) is 34.9 Å². The van der Waals surface area contributed by atoms with E-state index in [9.17, 15) is 9.18 Å². The standard InChI is InChI=1S/C12H9BrFN3O2/c13-8-2-1-3-9(14)10(8)17-11-7(12(18)19)4-6(15)5-16-11/h1-5H,15H2,(H,16,17)(H,18,19). The number of pyridine rings is 1. The first-order chi connectivity index (χ1) is 8.99. The molecule has 1 aromatic carbocycles. The Morgan fingerprint density at radius 2 is 2.21 bits per heavy atom. The van der Waals surface area contributed by atoms with E-state index in [1.54, 1.807) is 6.07 Å². The molecular formula is C12H9BrFN3O2. The van der Waals surface area contributed by atoms with E-state index >= 15 is 0 Å². The quantitative estimate of drug-likeness (QED) is 0.807. The first kappa shape index (κ1) is 13.3. The molecule has 0 saturated carbocycles. The van der Waals surface area contributed by atoms with Crippen molar-refractivity contribution in [1.82, 2.24) is 4.98 Å². The number of carbonyl (C=O) groups is 1. The molecule has 5 nitrogen and oxygen atoms in total. The van der Waals surface area contributed by atoms with E-state index in [4.69, 9.17) is 10.8 Å². The summed E-state index contributed by atoms with van der Waals surface area (Å²) in [7, 11) is 0. The number of halogens is 2. The van der Waals surface area contributed by atoms with Crippen molar-refractivity contribution in [2.24, 2.45) is 0 Å². The van der Waals surface area contributed by atoms with Crippen molar-refractivity contribution in [3.8, 4) is 0 Å². The van der Waals surface area contributed by atoms with E-state index in [1.807, 2.05) is 0 Å². The highest BCUT2D eigenvalue weighted by Crippen LogP contribution is 2.29. The molecule has 0 saturated heterocycles. The maximum atomic E-state index is 13.7. The highest BCUT2D eigenvalue weighted by molar-refractivity contribution is 9.10. The van der Waals surface area contributed by atoms with Crippen molar-refractivity contribution >= 4 is 39.1 Å². The number of nitrogen functional groups attached to an aromatic ring is 1. The lowest BCUT2D eigenvalue weighted by atomic mass is 10.2. The van der Waals surface area contributed by atoms with Crippen LogP contribution in [0.1, 0.15) is 10.4 Å². The Morgan fingerprint density at radius 3 is 2.84 bits per heavy atom. The Morgan fingerprint density at radius 1 is 1.47 bits per heavy atom. The van der Waals surface area contributed by atoms with Gasteiger partial charge in [-0.15, -0.1) is 0 Å². The number of carboxylic acid groups (broad SMARTS) is 1. The SMILES string of the molecule is Nc1cnc(Nc2c(F)cccc2Br)c(C(=O)O)c1. The molecule has 0 bridgehead atoms. The van der Waals surface area contributed by atoms with Crippen LogP contribution in [0.3, 0.4) is 0 Å². The Hall–Kier alpha value is -2.15. The van der Waals surface area contributed by atoms with Crippen LogP contribution in [0.4, 0.5) is 21.6 Å². The fraction of sp³-hybridized carbons (Fsp3) is 0. The van der Waals surface area contributed by atoms with Crippen LogP contribution in [0, 0.1) is 5.82 Å². The molecule has 0 fully saturated rings. The molecule has 0 aliphatic carbocycles. The third kappa shape index (κ3) is 2.82. The number of aromatic carboxylic acids is 1. The third-order valence-corrected chi connectivity index (χ3v) is 3.01. The van der Waals surface area contributed by atoms with Gasteiger partial charge in [0, 0.05) is 4.47 Å². The van der Waals surface area contributed by atoms with Crippen molar-refractivity contribution in [1.29, 1.82) is 0 Å². The smallest absolute Gasteiger partial charge is 0.339 e. The fourth-order valence-electron chi connectivity index (χ4n) is 1.48.